The van der Waals surface area contributed by atoms with Gasteiger partial charge in [-0.3, -0.25) is 38.8 Å². The van der Waals surface area contributed by atoms with Gasteiger partial charge in [-0.25, -0.2) is 9.36 Å². The van der Waals surface area contributed by atoms with Crippen LogP contribution in [-0.2, 0) is 44.7 Å². The molecule has 1 fully saturated rings. The average Bonchev–Trinajstić information content (AvgIpc) is 3.41. The summed E-state index contributed by atoms with van der Waals surface area (Å²) in [7, 11) is 0. The van der Waals surface area contributed by atoms with Crippen LogP contribution in [0, 0.1) is 0 Å². The number of H-pyrrole nitrogens is 1. The first-order chi connectivity index (χ1) is 21.1. The Balaban J connectivity index is 2.22. The Hall–Kier alpha value is -4.27. The number of hydrogen-bond acceptors (Lipinski definition) is 11. The standard InChI is InChI=1S/C29H41N5O10/c1-6-11-18(35)30-28-31-25-22(26(39)32-28)33(15-10-5)29(40)34(25)27-24(44-21(38)14-9-4)23(43-20(37)13-8-3)17(42-27)16-41-19(36)12-7-2/h10,17,23-24,27H,5-9,11-16H2,1-4H3,(H2,30,31,32,35,39)/t17?,23-,24-,27?/m1/s1. The topological polar surface area (TPSA) is 190 Å². The number of nitrogens with one attached hydrogen (secondary N) is 2. The van der Waals surface area contributed by atoms with E-state index >= 15 is 0 Å². The van der Waals surface area contributed by atoms with Crippen LogP contribution in [0.3, 0.4) is 0 Å². The summed E-state index contributed by atoms with van der Waals surface area (Å²) in [6.45, 7) is 10.4. The number of amides is 1. The predicted octanol–water partition coefficient (Wildman–Crippen LogP) is 2.48. The molecule has 4 atom stereocenters. The van der Waals surface area contributed by atoms with Crippen LogP contribution in [0.4, 0.5) is 5.95 Å². The number of rotatable bonds is 16. The molecule has 0 saturated carbocycles. The van der Waals surface area contributed by atoms with Crippen molar-refractivity contribution in [3.63, 3.8) is 0 Å². The molecule has 0 bridgehead atoms. The molecule has 3 rings (SSSR count). The van der Waals surface area contributed by atoms with Crippen molar-refractivity contribution < 1.29 is 38.1 Å². The third-order valence-electron chi connectivity index (χ3n) is 6.70. The molecule has 3 heterocycles. The lowest BCUT2D eigenvalue weighted by atomic mass is 10.1. The predicted molar refractivity (Wildman–Crippen MR) is 158 cm³/mol. The molecule has 1 amide bonds. The van der Waals surface area contributed by atoms with Crippen molar-refractivity contribution >= 4 is 40.9 Å². The largest absolute Gasteiger partial charge is 0.463 e. The maximum atomic E-state index is 13.9. The van der Waals surface area contributed by atoms with E-state index in [1.165, 1.54) is 6.08 Å². The van der Waals surface area contributed by atoms with Gasteiger partial charge in [-0.1, -0.05) is 33.8 Å². The number of allylic oxidation sites excluding steroid dienone is 1. The monoisotopic (exact) mass is 619 g/mol. The molecule has 0 radical (unpaired) electrons. The maximum Gasteiger partial charge on any atom is 0.333 e. The van der Waals surface area contributed by atoms with Gasteiger partial charge in [0, 0.05) is 32.2 Å². The van der Waals surface area contributed by atoms with E-state index in [0.717, 1.165) is 9.13 Å². The number of ether oxygens (including phenoxy) is 4. The fourth-order valence-electron chi connectivity index (χ4n) is 4.79. The minimum Gasteiger partial charge on any atom is -0.463 e. The van der Waals surface area contributed by atoms with E-state index in [1.54, 1.807) is 20.8 Å². The number of nitrogens with zero attached hydrogens (tertiary/aromatic N) is 3. The van der Waals surface area contributed by atoms with Crippen LogP contribution >= 0.6 is 0 Å². The summed E-state index contributed by atoms with van der Waals surface area (Å²) < 4.78 is 25.2. The summed E-state index contributed by atoms with van der Waals surface area (Å²) in [6.07, 6.45) is -1.48. The van der Waals surface area contributed by atoms with Crippen molar-refractivity contribution in [2.75, 3.05) is 11.9 Å². The number of carbonyl (C=O) groups excluding carboxylic acids is 4. The number of anilines is 1. The summed E-state index contributed by atoms with van der Waals surface area (Å²) in [4.78, 5) is 84.0. The van der Waals surface area contributed by atoms with Gasteiger partial charge in [0.15, 0.2) is 29.6 Å². The molecule has 2 N–H and O–H groups in total. The van der Waals surface area contributed by atoms with Crippen molar-refractivity contribution in [3.8, 4) is 0 Å². The van der Waals surface area contributed by atoms with E-state index in [0.29, 0.717) is 25.7 Å². The Bertz CT molecular complexity index is 1480. The van der Waals surface area contributed by atoms with E-state index in [-0.39, 0.29) is 55.9 Å². The van der Waals surface area contributed by atoms with Crippen LogP contribution in [0.15, 0.2) is 22.2 Å². The van der Waals surface area contributed by atoms with Crippen LogP contribution in [0.2, 0.25) is 0 Å². The van der Waals surface area contributed by atoms with Gasteiger partial charge in [-0.2, -0.15) is 4.98 Å². The Morgan fingerprint density at radius 1 is 0.932 bits per heavy atom. The van der Waals surface area contributed by atoms with Crippen molar-refractivity contribution in [3.05, 3.63) is 33.5 Å². The molecular weight excluding hydrogens is 578 g/mol. The van der Waals surface area contributed by atoms with Gasteiger partial charge in [-0.05, 0) is 25.7 Å². The lowest BCUT2D eigenvalue weighted by molar-refractivity contribution is -0.169. The number of aromatic nitrogens is 4. The quantitative estimate of drug-likeness (QED) is 0.159. The molecule has 2 aromatic rings. The van der Waals surface area contributed by atoms with Gasteiger partial charge in [0.2, 0.25) is 11.9 Å². The molecule has 242 valence electrons. The van der Waals surface area contributed by atoms with Crippen molar-refractivity contribution in [2.24, 2.45) is 0 Å². The Morgan fingerprint density at radius 3 is 2.11 bits per heavy atom. The first-order valence-electron chi connectivity index (χ1n) is 15.0. The van der Waals surface area contributed by atoms with E-state index in [2.05, 4.69) is 21.9 Å². The smallest absolute Gasteiger partial charge is 0.333 e. The molecule has 2 aromatic heterocycles. The summed E-state index contributed by atoms with van der Waals surface area (Å²) >= 11 is 0. The molecule has 1 aliphatic rings. The fraction of sp³-hybridized carbons (Fsp3) is 0.621. The first kappa shape index (κ1) is 34.2. The lowest BCUT2D eigenvalue weighted by Crippen LogP contribution is -2.42. The lowest BCUT2D eigenvalue weighted by Gasteiger charge is -2.24. The van der Waals surface area contributed by atoms with Crippen molar-refractivity contribution in [2.45, 2.75) is 110 Å². The molecule has 15 nitrogen and oxygen atoms in total. The number of esters is 3. The van der Waals surface area contributed by atoms with Crippen LogP contribution in [0.1, 0.15) is 85.3 Å². The zero-order valence-corrected chi connectivity index (χ0v) is 25.6. The highest BCUT2D eigenvalue weighted by Gasteiger charge is 2.52. The van der Waals surface area contributed by atoms with Gasteiger partial charge in [0.1, 0.15) is 12.7 Å². The third kappa shape index (κ3) is 8.01. The highest BCUT2D eigenvalue weighted by atomic mass is 16.7. The summed E-state index contributed by atoms with van der Waals surface area (Å²) in [5.74, 6) is -2.39. The molecule has 0 aliphatic carbocycles. The summed E-state index contributed by atoms with van der Waals surface area (Å²) in [6, 6.07) is 0. The minimum absolute atomic E-state index is 0.0215. The number of hydrogen-bond donors (Lipinski definition) is 2. The number of imidazole rings is 1. The second-order valence-corrected chi connectivity index (χ2v) is 10.3. The number of carbonyl (C=O) groups is 4. The Morgan fingerprint density at radius 2 is 1.52 bits per heavy atom. The third-order valence-corrected chi connectivity index (χ3v) is 6.70. The molecule has 0 spiro atoms. The zero-order chi connectivity index (χ0) is 32.4. The van der Waals surface area contributed by atoms with Crippen LogP contribution in [0.25, 0.3) is 11.2 Å². The van der Waals surface area contributed by atoms with Crippen LogP contribution in [-0.4, -0.2) is 67.8 Å². The second kappa shape index (κ2) is 16.0. The minimum atomic E-state index is -1.46. The van der Waals surface area contributed by atoms with E-state index in [4.69, 9.17) is 18.9 Å². The van der Waals surface area contributed by atoms with E-state index in [9.17, 15) is 28.8 Å². The van der Waals surface area contributed by atoms with Gasteiger partial charge in [0.05, 0.1) is 0 Å². The van der Waals surface area contributed by atoms with Crippen molar-refractivity contribution in [1.29, 1.82) is 0 Å². The average molecular weight is 620 g/mol. The number of aromatic amines is 1. The SMILES string of the molecule is C=CCn1c(=O)n(C2OC(COC(=O)CCC)[C@@H](OC(=O)CCC)[C@H]2OC(=O)CCC)c2nc(NC(=O)CCC)[nH]c(=O)c21. The highest BCUT2D eigenvalue weighted by molar-refractivity contribution is 5.89. The Kier molecular flexibility index (Phi) is 12.4. The summed E-state index contributed by atoms with van der Waals surface area (Å²) in [5.41, 5.74) is -1.83. The molecule has 0 aromatic carbocycles. The van der Waals surface area contributed by atoms with Gasteiger partial charge < -0.3 is 18.9 Å². The first-order valence-corrected chi connectivity index (χ1v) is 15.0. The van der Waals surface area contributed by atoms with Crippen molar-refractivity contribution in [1.82, 2.24) is 19.1 Å². The van der Waals surface area contributed by atoms with Gasteiger partial charge >= 0.3 is 23.6 Å². The van der Waals surface area contributed by atoms with Crippen LogP contribution < -0.4 is 16.6 Å². The van der Waals surface area contributed by atoms with Gasteiger partial charge in [0.25, 0.3) is 5.56 Å². The fourth-order valence-corrected chi connectivity index (χ4v) is 4.79. The van der Waals surface area contributed by atoms with Gasteiger partial charge in [-0.15, -0.1) is 6.58 Å². The molecule has 44 heavy (non-hydrogen) atoms. The maximum absolute atomic E-state index is 13.9. The van der Waals surface area contributed by atoms with E-state index in [1.807, 2.05) is 6.92 Å². The zero-order valence-electron chi connectivity index (χ0n) is 25.6. The molecule has 2 unspecified atom stereocenters. The summed E-state index contributed by atoms with van der Waals surface area (Å²) in [5, 5.41) is 2.51. The second-order valence-electron chi connectivity index (χ2n) is 10.3. The molecule has 1 aliphatic heterocycles. The normalized spacial score (nSPS) is 19.5. The highest BCUT2D eigenvalue weighted by Crippen LogP contribution is 2.35. The number of fused-ring (bicyclic) bond motifs is 1. The molecule has 15 heteroatoms. The molecule has 1 saturated heterocycles. The Labute approximate surface area is 253 Å². The molecular formula is C29H41N5O10. The van der Waals surface area contributed by atoms with E-state index < -0.39 is 59.6 Å². The van der Waals surface area contributed by atoms with Crippen LogP contribution in [0.5, 0.6) is 0 Å².